The molecule has 0 aliphatic heterocycles. The molecule has 3 rings (SSSR count). The molecule has 0 aromatic carbocycles. The van der Waals surface area contributed by atoms with Gasteiger partial charge in [-0.2, -0.15) is 0 Å². The number of aromatic nitrogens is 3. The van der Waals surface area contributed by atoms with E-state index in [2.05, 4.69) is 20.5 Å². The first-order chi connectivity index (χ1) is 11.5. The van der Waals surface area contributed by atoms with Crippen LogP contribution in [0.2, 0.25) is 0 Å². The van der Waals surface area contributed by atoms with E-state index in [1.807, 2.05) is 0 Å². The lowest BCUT2D eigenvalue weighted by Gasteiger charge is -2.09. The average Bonchev–Trinajstić information content (AvgIpc) is 3.28. The molecule has 2 aromatic rings. The normalized spacial score (nSPS) is 16.2. The Bertz CT molecular complexity index is 736. The first kappa shape index (κ1) is 17.0. The van der Waals surface area contributed by atoms with Gasteiger partial charge in [0.15, 0.2) is 0 Å². The van der Waals surface area contributed by atoms with E-state index in [0.717, 1.165) is 18.7 Å². The van der Waals surface area contributed by atoms with Crippen LogP contribution < -0.4 is 11.1 Å². The van der Waals surface area contributed by atoms with Crippen molar-refractivity contribution < 1.29 is 9.59 Å². The van der Waals surface area contributed by atoms with Crippen LogP contribution in [0.3, 0.4) is 0 Å². The molecule has 1 fully saturated rings. The lowest BCUT2D eigenvalue weighted by Crippen LogP contribution is -2.23. The molecule has 7 nitrogen and oxygen atoms in total. The van der Waals surface area contributed by atoms with Gasteiger partial charge in [-0.1, -0.05) is 24.6 Å². The number of primary amides is 1. The van der Waals surface area contributed by atoms with E-state index in [1.165, 1.54) is 35.9 Å². The summed E-state index contributed by atoms with van der Waals surface area (Å²) in [5, 5.41) is 12.3. The maximum atomic E-state index is 12.3. The molecule has 2 aromatic heterocycles. The summed E-state index contributed by atoms with van der Waals surface area (Å²) in [6, 6.07) is 1.60. The number of hydrogen-bond donors (Lipinski definition) is 3. The summed E-state index contributed by atoms with van der Waals surface area (Å²) in [6.07, 6.45) is 4.75. The van der Waals surface area contributed by atoms with E-state index in [0.29, 0.717) is 21.6 Å². The number of carbonyl (C=O) groups is 2. The number of carbonyl (C=O) groups excluding carboxylic acids is 2. The highest BCUT2D eigenvalue weighted by molar-refractivity contribution is 8.00. The van der Waals surface area contributed by atoms with Crippen LogP contribution in [0, 0.1) is 0 Å². The van der Waals surface area contributed by atoms with E-state index in [-0.39, 0.29) is 11.2 Å². The van der Waals surface area contributed by atoms with Crippen LogP contribution in [0.4, 0.5) is 5.00 Å². The number of anilines is 1. The fourth-order valence-electron chi connectivity index (χ4n) is 2.72. The van der Waals surface area contributed by atoms with Crippen molar-refractivity contribution in [3.63, 3.8) is 0 Å². The molecular formula is C15H19N5O2S2. The second-order valence-corrected chi connectivity index (χ2v) is 7.99. The van der Waals surface area contributed by atoms with Crippen molar-refractivity contribution in [2.45, 2.75) is 48.9 Å². The summed E-state index contributed by atoms with van der Waals surface area (Å²) < 4.78 is 0. The quantitative estimate of drug-likeness (QED) is 0.681. The van der Waals surface area contributed by atoms with Gasteiger partial charge in [-0.15, -0.1) is 16.4 Å². The van der Waals surface area contributed by atoms with Crippen LogP contribution in [-0.2, 0) is 4.79 Å². The molecule has 0 unspecified atom stereocenters. The van der Waals surface area contributed by atoms with Gasteiger partial charge in [0.1, 0.15) is 10.8 Å². The van der Waals surface area contributed by atoms with E-state index < -0.39 is 5.91 Å². The number of H-pyrrole nitrogens is 1. The van der Waals surface area contributed by atoms with Crippen LogP contribution in [0.25, 0.3) is 0 Å². The van der Waals surface area contributed by atoms with Crippen molar-refractivity contribution in [1.29, 1.82) is 0 Å². The third-order valence-electron chi connectivity index (χ3n) is 4.04. The Balaban J connectivity index is 1.60. The lowest BCUT2D eigenvalue weighted by molar-refractivity contribution is -0.115. The van der Waals surface area contributed by atoms with Crippen molar-refractivity contribution in [3.05, 3.63) is 22.8 Å². The Morgan fingerprint density at radius 2 is 2.21 bits per heavy atom. The van der Waals surface area contributed by atoms with Gasteiger partial charge >= 0.3 is 0 Å². The molecule has 128 valence electrons. The monoisotopic (exact) mass is 365 g/mol. The van der Waals surface area contributed by atoms with Gasteiger partial charge in [-0.3, -0.25) is 14.7 Å². The molecule has 0 saturated heterocycles. The molecule has 0 spiro atoms. The highest BCUT2D eigenvalue weighted by Crippen LogP contribution is 2.33. The largest absolute Gasteiger partial charge is 0.366 e. The summed E-state index contributed by atoms with van der Waals surface area (Å²) in [5.41, 5.74) is 5.61. The Morgan fingerprint density at radius 3 is 2.92 bits per heavy atom. The number of rotatable bonds is 6. The number of hydrogen-bond acceptors (Lipinski definition) is 6. The summed E-state index contributed by atoms with van der Waals surface area (Å²) >= 11 is 2.56. The van der Waals surface area contributed by atoms with E-state index in [9.17, 15) is 9.59 Å². The van der Waals surface area contributed by atoms with Gasteiger partial charge in [0, 0.05) is 5.92 Å². The Kier molecular flexibility index (Phi) is 5.20. The van der Waals surface area contributed by atoms with Crippen LogP contribution in [0.1, 0.15) is 54.7 Å². The van der Waals surface area contributed by atoms with Crippen molar-refractivity contribution in [1.82, 2.24) is 15.2 Å². The minimum absolute atomic E-state index is 0.211. The highest BCUT2D eigenvalue weighted by Gasteiger charge is 2.23. The number of nitrogens with two attached hydrogens (primary N) is 1. The van der Waals surface area contributed by atoms with Gasteiger partial charge in [0.25, 0.3) is 5.91 Å². The number of nitrogens with one attached hydrogen (secondary N) is 2. The van der Waals surface area contributed by atoms with Crippen LogP contribution in [-0.4, -0.2) is 32.2 Å². The summed E-state index contributed by atoms with van der Waals surface area (Å²) in [7, 11) is 0. The topological polar surface area (TPSA) is 114 Å². The Labute approximate surface area is 147 Å². The average molecular weight is 365 g/mol. The van der Waals surface area contributed by atoms with Crippen molar-refractivity contribution >= 4 is 39.9 Å². The lowest BCUT2D eigenvalue weighted by atomic mass is 10.1. The van der Waals surface area contributed by atoms with Crippen molar-refractivity contribution in [2.24, 2.45) is 5.73 Å². The molecule has 1 atom stereocenters. The van der Waals surface area contributed by atoms with Gasteiger partial charge in [0.2, 0.25) is 11.1 Å². The molecular weight excluding hydrogens is 346 g/mol. The summed E-state index contributed by atoms with van der Waals surface area (Å²) in [5.74, 6) is 0.608. The molecule has 2 heterocycles. The second-order valence-electron chi connectivity index (χ2n) is 5.76. The van der Waals surface area contributed by atoms with Crippen molar-refractivity contribution in [2.75, 3.05) is 5.32 Å². The van der Waals surface area contributed by atoms with E-state index >= 15 is 0 Å². The third kappa shape index (κ3) is 3.78. The smallest absolute Gasteiger partial charge is 0.251 e. The minimum atomic E-state index is -0.554. The molecule has 1 aliphatic carbocycles. The predicted molar refractivity (Wildman–Crippen MR) is 94.4 cm³/mol. The molecule has 0 bridgehead atoms. The van der Waals surface area contributed by atoms with E-state index in [1.54, 1.807) is 18.4 Å². The fourth-order valence-corrected chi connectivity index (χ4v) is 4.24. The molecule has 1 saturated carbocycles. The Hall–Kier alpha value is -1.87. The molecule has 9 heteroatoms. The molecule has 0 radical (unpaired) electrons. The predicted octanol–water partition coefficient (Wildman–Crippen LogP) is 2.74. The molecule has 1 aliphatic rings. The minimum Gasteiger partial charge on any atom is -0.366 e. The third-order valence-corrected chi connectivity index (χ3v) is 5.83. The van der Waals surface area contributed by atoms with Crippen LogP contribution >= 0.6 is 23.1 Å². The molecule has 24 heavy (non-hydrogen) atoms. The molecule has 4 N–H and O–H groups in total. The SMILES string of the molecule is C[C@H](Sc1n[nH]c(C2CCCC2)n1)C(=O)Nc1sccc1C(N)=O. The number of thioether (sulfide) groups is 1. The van der Waals surface area contributed by atoms with Gasteiger partial charge < -0.3 is 11.1 Å². The summed E-state index contributed by atoms with van der Waals surface area (Å²) in [4.78, 5) is 28.1. The Morgan fingerprint density at radius 1 is 1.46 bits per heavy atom. The standard InChI is InChI=1S/C15H19N5O2S2/c1-8(13(22)18-14-10(11(16)21)6-7-23-14)24-15-17-12(19-20-15)9-4-2-3-5-9/h6-9H,2-5H2,1H3,(H2,16,21)(H,18,22)(H,17,19,20)/t8-/m0/s1. The van der Waals surface area contributed by atoms with Gasteiger partial charge in [-0.05, 0) is 31.2 Å². The number of nitrogens with zero attached hydrogens (tertiary/aromatic N) is 2. The number of aromatic amines is 1. The fraction of sp³-hybridized carbons (Fsp3) is 0.467. The van der Waals surface area contributed by atoms with Crippen LogP contribution in [0.5, 0.6) is 0 Å². The second kappa shape index (κ2) is 7.35. The van der Waals surface area contributed by atoms with Gasteiger partial charge in [0.05, 0.1) is 10.8 Å². The molecule has 2 amide bonds. The van der Waals surface area contributed by atoms with Crippen molar-refractivity contribution in [3.8, 4) is 0 Å². The van der Waals surface area contributed by atoms with E-state index in [4.69, 9.17) is 5.73 Å². The number of thiophene rings is 1. The highest BCUT2D eigenvalue weighted by atomic mass is 32.2. The summed E-state index contributed by atoms with van der Waals surface area (Å²) in [6.45, 7) is 1.78. The van der Waals surface area contributed by atoms with Gasteiger partial charge in [-0.25, -0.2) is 4.98 Å². The zero-order valence-electron chi connectivity index (χ0n) is 13.2. The maximum Gasteiger partial charge on any atom is 0.251 e. The first-order valence-electron chi connectivity index (χ1n) is 7.81. The zero-order chi connectivity index (χ0) is 17.1. The zero-order valence-corrected chi connectivity index (χ0v) is 14.9. The number of amides is 2. The maximum absolute atomic E-state index is 12.3. The first-order valence-corrected chi connectivity index (χ1v) is 9.57. The van der Waals surface area contributed by atoms with Crippen LogP contribution in [0.15, 0.2) is 16.6 Å².